The summed E-state index contributed by atoms with van der Waals surface area (Å²) in [5, 5.41) is 1.96. The molecule has 15 heavy (non-hydrogen) atoms. The first-order valence-electron chi connectivity index (χ1n) is 4.62. The van der Waals surface area contributed by atoms with Crippen LogP contribution in [0.3, 0.4) is 0 Å². The summed E-state index contributed by atoms with van der Waals surface area (Å²) in [6, 6.07) is 1.95. The normalized spacial score (nSPS) is 12.3. The van der Waals surface area contributed by atoms with Crippen LogP contribution < -0.4 is 0 Å². The summed E-state index contributed by atoms with van der Waals surface area (Å²) < 4.78 is 25.8. The van der Waals surface area contributed by atoms with Crippen LogP contribution in [-0.4, -0.2) is 25.5 Å². The van der Waals surface area contributed by atoms with Gasteiger partial charge in [-0.15, -0.1) is 11.3 Å². The molecule has 86 valence electrons. The van der Waals surface area contributed by atoms with Gasteiger partial charge >= 0.3 is 0 Å². The largest absolute Gasteiger partial charge is 0.214 e. The van der Waals surface area contributed by atoms with E-state index in [2.05, 4.69) is 15.9 Å². The van der Waals surface area contributed by atoms with E-state index >= 15 is 0 Å². The second kappa shape index (κ2) is 5.43. The van der Waals surface area contributed by atoms with Crippen molar-refractivity contribution in [1.82, 2.24) is 4.31 Å². The van der Waals surface area contributed by atoms with Crippen molar-refractivity contribution in [1.29, 1.82) is 0 Å². The lowest BCUT2D eigenvalue weighted by Gasteiger charge is -2.15. The Morgan fingerprint density at radius 2 is 2.20 bits per heavy atom. The van der Waals surface area contributed by atoms with Crippen LogP contribution in [0.1, 0.15) is 18.9 Å². The Balaban J connectivity index is 2.67. The van der Waals surface area contributed by atoms with Gasteiger partial charge < -0.3 is 0 Å². The molecule has 1 aromatic heterocycles. The van der Waals surface area contributed by atoms with Crippen molar-refractivity contribution in [2.24, 2.45) is 0 Å². The SMILES string of the molecule is CCCS(=O)(=O)N(C)Cc1csc(Br)c1. The van der Waals surface area contributed by atoms with E-state index in [0.717, 1.165) is 9.35 Å². The summed E-state index contributed by atoms with van der Waals surface area (Å²) in [5.74, 6) is 0.217. The summed E-state index contributed by atoms with van der Waals surface area (Å²) in [6.07, 6.45) is 0.653. The minimum absolute atomic E-state index is 0.217. The molecule has 0 aliphatic rings. The molecule has 3 nitrogen and oxygen atoms in total. The van der Waals surface area contributed by atoms with Gasteiger partial charge in [0.2, 0.25) is 10.0 Å². The molecule has 0 unspecified atom stereocenters. The van der Waals surface area contributed by atoms with Crippen LogP contribution in [0.5, 0.6) is 0 Å². The number of hydrogen-bond donors (Lipinski definition) is 0. The van der Waals surface area contributed by atoms with Crippen molar-refractivity contribution >= 4 is 37.3 Å². The molecule has 1 rings (SSSR count). The Morgan fingerprint density at radius 1 is 1.53 bits per heavy atom. The maximum absolute atomic E-state index is 11.7. The maximum atomic E-state index is 11.7. The molecule has 0 atom stereocenters. The number of rotatable bonds is 5. The molecule has 0 saturated heterocycles. The molecule has 1 heterocycles. The minimum Gasteiger partial charge on any atom is -0.212 e. The highest BCUT2D eigenvalue weighted by molar-refractivity contribution is 9.11. The highest BCUT2D eigenvalue weighted by Crippen LogP contribution is 2.22. The van der Waals surface area contributed by atoms with Crippen LogP contribution in [0.25, 0.3) is 0 Å². The third-order valence-electron chi connectivity index (χ3n) is 1.96. The van der Waals surface area contributed by atoms with Gasteiger partial charge in [-0.1, -0.05) is 6.92 Å². The van der Waals surface area contributed by atoms with Crippen LogP contribution in [0.15, 0.2) is 15.2 Å². The Hall–Kier alpha value is 0.0900. The smallest absolute Gasteiger partial charge is 0.212 e. The molecular formula is C9H14BrNO2S2. The number of thiophene rings is 1. The molecule has 1 aromatic rings. The van der Waals surface area contributed by atoms with Gasteiger partial charge in [0.25, 0.3) is 0 Å². The molecule has 0 aliphatic heterocycles. The summed E-state index contributed by atoms with van der Waals surface area (Å²) in [6.45, 7) is 2.32. The minimum atomic E-state index is -3.08. The van der Waals surface area contributed by atoms with Gasteiger partial charge in [-0.05, 0) is 39.4 Å². The van der Waals surface area contributed by atoms with E-state index in [1.807, 2.05) is 18.4 Å². The van der Waals surface area contributed by atoms with E-state index in [1.54, 1.807) is 18.4 Å². The fraction of sp³-hybridized carbons (Fsp3) is 0.556. The highest BCUT2D eigenvalue weighted by Gasteiger charge is 2.16. The lowest BCUT2D eigenvalue weighted by Crippen LogP contribution is -2.28. The van der Waals surface area contributed by atoms with E-state index < -0.39 is 10.0 Å². The molecule has 0 aromatic carbocycles. The van der Waals surface area contributed by atoms with E-state index in [4.69, 9.17) is 0 Å². The van der Waals surface area contributed by atoms with Gasteiger partial charge in [0, 0.05) is 13.6 Å². The molecule has 0 radical (unpaired) electrons. The number of sulfonamides is 1. The standard InChI is InChI=1S/C9H14BrNO2S2/c1-3-4-15(12,13)11(2)6-8-5-9(10)14-7-8/h5,7H,3-4,6H2,1-2H3. The molecule has 0 fully saturated rings. The second-order valence-electron chi connectivity index (χ2n) is 3.33. The predicted molar refractivity (Wildman–Crippen MR) is 67.6 cm³/mol. The van der Waals surface area contributed by atoms with Crippen LogP contribution in [0.4, 0.5) is 0 Å². The fourth-order valence-corrected chi connectivity index (χ4v) is 3.57. The molecule has 0 saturated carbocycles. The molecule has 0 bridgehead atoms. The molecular weight excluding hydrogens is 298 g/mol. The Bertz CT molecular complexity index is 414. The van der Waals surface area contributed by atoms with Crippen molar-refractivity contribution in [2.75, 3.05) is 12.8 Å². The van der Waals surface area contributed by atoms with Crippen LogP contribution in [-0.2, 0) is 16.6 Å². The van der Waals surface area contributed by atoms with Gasteiger partial charge in [0.15, 0.2) is 0 Å². The third kappa shape index (κ3) is 3.86. The highest BCUT2D eigenvalue weighted by atomic mass is 79.9. The molecule has 0 spiro atoms. The Morgan fingerprint density at radius 3 is 2.67 bits per heavy atom. The summed E-state index contributed by atoms with van der Waals surface area (Å²) >= 11 is 4.92. The summed E-state index contributed by atoms with van der Waals surface area (Å²) in [7, 11) is -1.46. The van der Waals surface area contributed by atoms with Crippen LogP contribution in [0, 0.1) is 0 Å². The summed E-state index contributed by atoms with van der Waals surface area (Å²) in [4.78, 5) is 0. The van der Waals surface area contributed by atoms with E-state index in [1.165, 1.54) is 4.31 Å². The number of nitrogens with zero attached hydrogens (tertiary/aromatic N) is 1. The monoisotopic (exact) mass is 311 g/mol. The average molecular weight is 312 g/mol. The van der Waals surface area contributed by atoms with Crippen molar-refractivity contribution in [3.8, 4) is 0 Å². The third-order valence-corrected chi connectivity index (χ3v) is 5.52. The zero-order valence-electron chi connectivity index (χ0n) is 8.73. The topological polar surface area (TPSA) is 37.4 Å². The van der Waals surface area contributed by atoms with E-state index in [9.17, 15) is 8.42 Å². The first kappa shape index (κ1) is 13.2. The van der Waals surface area contributed by atoms with Crippen molar-refractivity contribution < 1.29 is 8.42 Å². The second-order valence-corrected chi connectivity index (χ2v) is 7.82. The van der Waals surface area contributed by atoms with Crippen LogP contribution >= 0.6 is 27.3 Å². The van der Waals surface area contributed by atoms with E-state index in [-0.39, 0.29) is 5.75 Å². The lowest BCUT2D eigenvalue weighted by atomic mass is 10.3. The Labute approximate surface area is 103 Å². The molecule has 6 heteroatoms. The van der Waals surface area contributed by atoms with Crippen LogP contribution in [0.2, 0.25) is 0 Å². The van der Waals surface area contributed by atoms with Crippen molar-refractivity contribution in [2.45, 2.75) is 19.9 Å². The quantitative estimate of drug-likeness (QED) is 0.838. The average Bonchev–Trinajstić information content (AvgIpc) is 2.51. The molecule has 0 N–H and O–H groups in total. The maximum Gasteiger partial charge on any atom is 0.214 e. The number of hydrogen-bond acceptors (Lipinski definition) is 3. The number of halogens is 1. The molecule has 0 aliphatic carbocycles. The molecule has 0 amide bonds. The zero-order valence-corrected chi connectivity index (χ0v) is 12.0. The zero-order chi connectivity index (χ0) is 11.5. The lowest BCUT2D eigenvalue weighted by molar-refractivity contribution is 0.466. The predicted octanol–water partition coefficient (Wildman–Crippen LogP) is 2.68. The van der Waals surface area contributed by atoms with E-state index in [0.29, 0.717) is 13.0 Å². The van der Waals surface area contributed by atoms with Gasteiger partial charge in [-0.2, -0.15) is 0 Å². The Kier molecular flexibility index (Phi) is 4.76. The van der Waals surface area contributed by atoms with Gasteiger partial charge in [0.1, 0.15) is 0 Å². The van der Waals surface area contributed by atoms with Gasteiger partial charge in [-0.25, -0.2) is 12.7 Å². The first-order valence-corrected chi connectivity index (χ1v) is 7.91. The summed E-state index contributed by atoms with van der Waals surface area (Å²) in [5.41, 5.74) is 1.02. The fourth-order valence-electron chi connectivity index (χ4n) is 1.20. The van der Waals surface area contributed by atoms with Crippen molar-refractivity contribution in [3.63, 3.8) is 0 Å². The van der Waals surface area contributed by atoms with Gasteiger partial charge in [-0.3, -0.25) is 0 Å². The van der Waals surface area contributed by atoms with Gasteiger partial charge in [0.05, 0.1) is 9.54 Å². The first-order chi connectivity index (χ1) is 6.95. The van der Waals surface area contributed by atoms with Crippen molar-refractivity contribution in [3.05, 3.63) is 20.8 Å².